The van der Waals surface area contributed by atoms with Gasteiger partial charge in [-0.05, 0) is 94.3 Å². The van der Waals surface area contributed by atoms with Crippen LogP contribution in [0.25, 0.3) is 0 Å². The SMILES string of the molecule is CC[C@@H]1OC(=O)[C@H](C)[C@H](O[C@H]2C[C@@](C)(OC)[C@@H](O)[C@H](C)O2)[C@@H](C)[C@@H](O[C@@H]2O[C@H](C)C[C@H](N(C)C)[C@H]2O)[C@](C)(O)C[C@@H](C)CN[C@@H](C)[C@@H]2OB(O)O[C@]12C. The number of carbonyl (C=O) groups is 1. The number of cyclic esters (lactones) is 1. The van der Waals surface area contributed by atoms with Gasteiger partial charge in [0.1, 0.15) is 23.9 Å². The van der Waals surface area contributed by atoms with Gasteiger partial charge in [0.15, 0.2) is 12.6 Å². The predicted octanol–water partition coefficient (Wildman–Crippen LogP) is 1.60. The Labute approximate surface area is 316 Å². The number of likely N-dealkylation sites (N-methyl/N-ethyl adjacent to an activating group) is 1. The number of nitrogens with one attached hydrogen (secondary N) is 1. The van der Waals surface area contributed by atoms with E-state index >= 15 is 0 Å². The molecule has 15 nitrogen and oxygen atoms in total. The van der Waals surface area contributed by atoms with E-state index in [0.717, 1.165) is 0 Å². The van der Waals surface area contributed by atoms with Crippen molar-refractivity contribution < 1.29 is 62.9 Å². The summed E-state index contributed by atoms with van der Waals surface area (Å²) in [6.45, 7) is 18.7. The van der Waals surface area contributed by atoms with Crippen LogP contribution in [0.1, 0.15) is 94.9 Å². The number of fused-ring (bicyclic) bond motifs is 1. The molecule has 4 aliphatic rings. The molecule has 5 N–H and O–H groups in total. The summed E-state index contributed by atoms with van der Waals surface area (Å²) in [6, 6.07) is -0.602. The first kappa shape index (κ1) is 44.7. The Bertz CT molecular complexity index is 1200. The van der Waals surface area contributed by atoms with Gasteiger partial charge in [-0.3, -0.25) is 4.79 Å². The normalized spacial score (nSPS) is 49.6. The molecule has 0 aliphatic carbocycles. The van der Waals surface area contributed by atoms with Crippen LogP contribution < -0.4 is 5.32 Å². The summed E-state index contributed by atoms with van der Waals surface area (Å²) in [7, 11) is 3.80. The number of carbonyl (C=O) groups excluding carboxylic acids is 1. The smallest absolute Gasteiger partial charge is 0.459 e. The van der Waals surface area contributed by atoms with Gasteiger partial charge >= 0.3 is 13.3 Å². The zero-order valence-electron chi connectivity index (χ0n) is 34.2. The molecule has 0 radical (unpaired) electrons. The number of hydrogen-bond acceptors (Lipinski definition) is 15. The van der Waals surface area contributed by atoms with Crippen LogP contribution in [0.15, 0.2) is 0 Å². The van der Waals surface area contributed by atoms with Crippen LogP contribution in [-0.4, -0.2) is 157 Å². The van der Waals surface area contributed by atoms with Crippen molar-refractivity contribution in [3.63, 3.8) is 0 Å². The maximum Gasteiger partial charge on any atom is 0.637 e. The molecule has 18 atom stereocenters. The molecular formula is C37H69BN2O13. The lowest BCUT2D eigenvalue weighted by atomic mass is 9.77. The third-order valence-electron chi connectivity index (χ3n) is 12.3. The monoisotopic (exact) mass is 760 g/mol. The third kappa shape index (κ3) is 9.77. The fourth-order valence-corrected chi connectivity index (χ4v) is 9.10. The predicted molar refractivity (Wildman–Crippen MR) is 195 cm³/mol. The first-order valence-electron chi connectivity index (χ1n) is 19.5. The van der Waals surface area contributed by atoms with E-state index in [1.54, 1.807) is 34.6 Å². The van der Waals surface area contributed by atoms with Crippen molar-refractivity contribution >= 4 is 13.3 Å². The van der Waals surface area contributed by atoms with Crippen molar-refractivity contribution in [3.05, 3.63) is 0 Å². The molecule has 0 aromatic rings. The summed E-state index contributed by atoms with van der Waals surface area (Å²) in [6.07, 6.45) is -7.04. The highest BCUT2D eigenvalue weighted by molar-refractivity contribution is 6.35. The molecule has 16 heteroatoms. The molecule has 308 valence electrons. The first-order valence-corrected chi connectivity index (χ1v) is 19.5. The number of aliphatic hydroxyl groups is 3. The number of rotatable bonds is 7. The highest BCUT2D eigenvalue weighted by atomic mass is 16.7. The summed E-state index contributed by atoms with van der Waals surface area (Å²) in [4.78, 5) is 16.3. The van der Waals surface area contributed by atoms with Gasteiger partial charge in [0.05, 0.1) is 47.6 Å². The second-order valence-corrected chi connectivity index (χ2v) is 17.2. The summed E-state index contributed by atoms with van der Waals surface area (Å²) in [5, 5.41) is 49.0. The van der Waals surface area contributed by atoms with Crippen molar-refractivity contribution in [2.24, 2.45) is 17.8 Å². The molecule has 4 fully saturated rings. The second-order valence-electron chi connectivity index (χ2n) is 17.2. The van der Waals surface area contributed by atoms with E-state index in [2.05, 4.69) is 5.32 Å². The van der Waals surface area contributed by atoms with Crippen LogP contribution in [0.3, 0.4) is 0 Å². The Morgan fingerprint density at radius 3 is 2.28 bits per heavy atom. The molecule has 0 amide bonds. The van der Waals surface area contributed by atoms with E-state index in [1.165, 1.54) is 7.11 Å². The van der Waals surface area contributed by atoms with Gasteiger partial charge in [-0.2, -0.15) is 0 Å². The lowest BCUT2D eigenvalue weighted by Crippen LogP contribution is -2.60. The lowest BCUT2D eigenvalue weighted by molar-refractivity contribution is -0.318. The van der Waals surface area contributed by atoms with Crippen molar-refractivity contribution in [2.75, 3.05) is 27.7 Å². The Hall–Kier alpha value is -0.985. The summed E-state index contributed by atoms with van der Waals surface area (Å²) < 4.78 is 49.7. The Balaban J connectivity index is 1.80. The second kappa shape index (κ2) is 17.7. The minimum atomic E-state index is -1.53. The van der Waals surface area contributed by atoms with E-state index in [-0.39, 0.29) is 36.9 Å². The molecule has 4 aliphatic heterocycles. The summed E-state index contributed by atoms with van der Waals surface area (Å²) in [5.74, 6) is -2.39. The van der Waals surface area contributed by atoms with Gasteiger partial charge in [-0.1, -0.05) is 20.8 Å². The van der Waals surface area contributed by atoms with Gasteiger partial charge in [-0.25, -0.2) is 0 Å². The number of esters is 1. The van der Waals surface area contributed by atoms with Crippen LogP contribution >= 0.6 is 0 Å². The van der Waals surface area contributed by atoms with E-state index in [1.807, 2.05) is 53.6 Å². The van der Waals surface area contributed by atoms with Crippen LogP contribution in [0.5, 0.6) is 0 Å². The average Bonchev–Trinajstić information content (AvgIpc) is 3.40. The van der Waals surface area contributed by atoms with Crippen LogP contribution in [-0.2, 0) is 42.5 Å². The van der Waals surface area contributed by atoms with E-state index in [0.29, 0.717) is 19.4 Å². The summed E-state index contributed by atoms with van der Waals surface area (Å²) >= 11 is 0. The molecule has 0 spiro atoms. The minimum Gasteiger partial charge on any atom is -0.459 e. The van der Waals surface area contributed by atoms with Crippen LogP contribution in [0.4, 0.5) is 0 Å². The van der Waals surface area contributed by atoms with Gasteiger partial charge in [0.2, 0.25) is 0 Å². The number of hydrogen-bond donors (Lipinski definition) is 5. The molecule has 0 saturated carbocycles. The molecular weight excluding hydrogens is 691 g/mol. The lowest BCUT2D eigenvalue weighted by Gasteiger charge is -2.48. The highest BCUT2D eigenvalue weighted by Crippen LogP contribution is 2.41. The number of ether oxygens (including phenoxy) is 6. The van der Waals surface area contributed by atoms with Crippen molar-refractivity contribution in [1.29, 1.82) is 0 Å². The van der Waals surface area contributed by atoms with E-state index in [9.17, 15) is 25.1 Å². The molecule has 0 unspecified atom stereocenters. The van der Waals surface area contributed by atoms with Crippen molar-refractivity contribution in [2.45, 2.75) is 185 Å². The zero-order chi connectivity index (χ0) is 39.8. The Kier molecular flexibility index (Phi) is 14.9. The maximum atomic E-state index is 14.4. The van der Waals surface area contributed by atoms with E-state index in [4.69, 9.17) is 37.7 Å². The van der Waals surface area contributed by atoms with Gasteiger partial charge in [0, 0.05) is 31.5 Å². The highest BCUT2D eigenvalue weighted by Gasteiger charge is 2.57. The summed E-state index contributed by atoms with van der Waals surface area (Å²) in [5.41, 5.74) is -3.75. The molecule has 4 heterocycles. The zero-order valence-corrected chi connectivity index (χ0v) is 34.2. The van der Waals surface area contributed by atoms with Crippen LogP contribution in [0.2, 0.25) is 0 Å². The number of nitrogens with zero attached hydrogens (tertiary/aromatic N) is 1. The Morgan fingerprint density at radius 2 is 1.68 bits per heavy atom. The quantitative estimate of drug-likeness (QED) is 0.186. The van der Waals surface area contributed by atoms with Crippen molar-refractivity contribution in [1.82, 2.24) is 10.2 Å². The maximum absolute atomic E-state index is 14.4. The third-order valence-corrected chi connectivity index (χ3v) is 12.3. The molecule has 0 aromatic carbocycles. The topological polar surface area (TPSA) is 187 Å². The molecule has 0 aromatic heterocycles. The molecule has 53 heavy (non-hydrogen) atoms. The van der Waals surface area contributed by atoms with E-state index < -0.39 is 97.2 Å². The van der Waals surface area contributed by atoms with Gasteiger partial charge < -0.3 is 68.3 Å². The Morgan fingerprint density at radius 1 is 1.02 bits per heavy atom. The molecule has 4 saturated heterocycles. The standard InChI is InChI=1S/C37H69BN2O13/c1-14-26-37(10)32(52-38(45)53-37)23(6)39-18-19(2)16-35(8,44)31(51-34-28(41)25(40(11)12)15-20(3)47-34)21(4)29(22(5)33(43)49-26)50-27-17-36(9,46-13)30(42)24(7)48-27/h19-32,34,39,41-42,44-45H,14-18H2,1-13H3/t19-,20-,21-,22-,23+,24+,25+,26+,27+,28-,29-,30+,31-,32+,34+,35-,36-,37-/m1/s1. The largest absolute Gasteiger partial charge is 0.637 e. The fraction of sp³-hybridized carbons (Fsp3) is 0.973. The van der Waals surface area contributed by atoms with Crippen LogP contribution in [0, 0.1) is 17.8 Å². The number of aliphatic hydroxyl groups excluding tert-OH is 2. The fourth-order valence-electron chi connectivity index (χ4n) is 9.10. The van der Waals surface area contributed by atoms with Crippen molar-refractivity contribution in [3.8, 4) is 0 Å². The minimum absolute atomic E-state index is 0.108. The molecule has 4 rings (SSSR count). The first-order chi connectivity index (χ1) is 24.6. The molecule has 0 bridgehead atoms. The van der Waals surface area contributed by atoms with Gasteiger partial charge in [-0.15, -0.1) is 0 Å². The average molecular weight is 761 g/mol. The van der Waals surface area contributed by atoms with Gasteiger partial charge in [0.25, 0.3) is 0 Å². The number of methoxy groups -OCH3 is 1.